The number of hydrogen-bond donors (Lipinski definition) is 0. The second kappa shape index (κ2) is 11.8. The van der Waals surface area contributed by atoms with Gasteiger partial charge >= 0.3 is 0 Å². The van der Waals surface area contributed by atoms with E-state index in [0.29, 0.717) is 5.82 Å². The highest BCUT2D eigenvalue weighted by Crippen LogP contribution is 2.39. The zero-order valence-corrected chi connectivity index (χ0v) is 26.2. The highest BCUT2D eigenvalue weighted by atomic mass is 14.9. The first-order valence-electron chi connectivity index (χ1n) is 16.3. The van der Waals surface area contributed by atoms with Crippen LogP contribution in [0.3, 0.4) is 0 Å². The Morgan fingerprint density at radius 2 is 0.812 bits per heavy atom. The Labute approximate surface area is 279 Å². The Kier molecular flexibility index (Phi) is 6.84. The smallest absolute Gasteiger partial charge is 0.160 e. The summed E-state index contributed by atoms with van der Waals surface area (Å²) < 4.78 is 0. The predicted molar refractivity (Wildman–Crippen MR) is 202 cm³/mol. The van der Waals surface area contributed by atoms with E-state index in [1.165, 1.54) is 54.6 Å². The molecule has 0 saturated heterocycles. The van der Waals surface area contributed by atoms with Crippen molar-refractivity contribution >= 4 is 32.3 Å². The van der Waals surface area contributed by atoms with Gasteiger partial charge in [0.25, 0.3) is 0 Å². The number of fused-ring (bicyclic) bond motifs is 3. The molecule has 0 radical (unpaired) electrons. The van der Waals surface area contributed by atoms with Gasteiger partial charge in [0, 0.05) is 16.7 Å². The van der Waals surface area contributed by atoms with E-state index in [1.807, 2.05) is 18.2 Å². The Morgan fingerprint density at radius 1 is 0.271 bits per heavy atom. The summed E-state index contributed by atoms with van der Waals surface area (Å²) in [6, 6.07) is 64.6. The van der Waals surface area contributed by atoms with Crippen LogP contribution in [0.2, 0.25) is 0 Å². The van der Waals surface area contributed by atoms with E-state index >= 15 is 0 Å². The van der Waals surface area contributed by atoms with Gasteiger partial charge in [0.2, 0.25) is 0 Å². The maximum absolute atomic E-state index is 5.20. The van der Waals surface area contributed by atoms with Gasteiger partial charge in [-0.1, -0.05) is 164 Å². The largest absolute Gasteiger partial charge is 0.228 e. The van der Waals surface area contributed by atoms with Gasteiger partial charge in [-0.25, -0.2) is 9.97 Å². The van der Waals surface area contributed by atoms with Gasteiger partial charge in [-0.05, 0) is 72.8 Å². The summed E-state index contributed by atoms with van der Waals surface area (Å²) in [7, 11) is 0. The summed E-state index contributed by atoms with van der Waals surface area (Å²) in [5.41, 5.74) is 9.82. The van der Waals surface area contributed by atoms with Crippen molar-refractivity contribution in [2.75, 3.05) is 0 Å². The SMILES string of the molecule is c1ccc(-c2ccc3cc(-c4cc(-c5ccc(-c6cccc7ccccc67)c6ccccc56)nc(-c5ccccc5)n4)ccc3c2)cc1. The summed E-state index contributed by atoms with van der Waals surface area (Å²) >= 11 is 0. The van der Waals surface area contributed by atoms with E-state index in [2.05, 4.69) is 164 Å². The molecule has 0 spiro atoms. The van der Waals surface area contributed by atoms with Crippen LogP contribution in [0.5, 0.6) is 0 Å². The lowest BCUT2D eigenvalue weighted by molar-refractivity contribution is 1.19. The molecular weight excluding hydrogens is 581 g/mol. The molecule has 0 unspecified atom stereocenters. The van der Waals surface area contributed by atoms with Gasteiger partial charge < -0.3 is 0 Å². The molecule has 0 fully saturated rings. The first-order chi connectivity index (χ1) is 23.8. The molecule has 0 aliphatic carbocycles. The molecule has 224 valence electrons. The van der Waals surface area contributed by atoms with Crippen molar-refractivity contribution < 1.29 is 0 Å². The minimum Gasteiger partial charge on any atom is -0.228 e. The Hall–Kier alpha value is -6.38. The summed E-state index contributed by atoms with van der Waals surface area (Å²) in [6.45, 7) is 0. The van der Waals surface area contributed by atoms with Crippen LogP contribution in [-0.4, -0.2) is 9.97 Å². The molecule has 1 aromatic heterocycles. The minimum absolute atomic E-state index is 0.713. The van der Waals surface area contributed by atoms with Crippen molar-refractivity contribution in [3.63, 3.8) is 0 Å². The van der Waals surface area contributed by atoms with Gasteiger partial charge in [0.05, 0.1) is 11.4 Å². The highest BCUT2D eigenvalue weighted by molar-refractivity contribution is 6.09. The van der Waals surface area contributed by atoms with Crippen molar-refractivity contribution in [2.45, 2.75) is 0 Å². The lowest BCUT2D eigenvalue weighted by Crippen LogP contribution is -1.97. The van der Waals surface area contributed by atoms with Crippen LogP contribution in [-0.2, 0) is 0 Å². The average Bonchev–Trinajstić information content (AvgIpc) is 3.17. The number of nitrogens with zero attached hydrogens (tertiary/aromatic N) is 2. The standard InChI is InChI=1S/C46H30N2/c1-3-12-31(13-4-1)34-22-23-36-29-37(25-24-35(36)28-34)44-30-45(48-46(47-44)33-15-5-2-6-16-33)43-27-26-42(40-19-9-10-20-41(40)43)39-21-11-17-32-14-7-8-18-38(32)39/h1-30H. The van der Waals surface area contributed by atoms with Crippen molar-refractivity contribution in [3.8, 4) is 56.2 Å². The van der Waals surface area contributed by atoms with E-state index in [4.69, 9.17) is 9.97 Å². The fourth-order valence-corrected chi connectivity index (χ4v) is 6.88. The van der Waals surface area contributed by atoms with Gasteiger partial charge in [-0.2, -0.15) is 0 Å². The molecule has 0 atom stereocenters. The number of aromatic nitrogens is 2. The van der Waals surface area contributed by atoms with Crippen molar-refractivity contribution in [1.29, 1.82) is 0 Å². The minimum atomic E-state index is 0.713. The topological polar surface area (TPSA) is 25.8 Å². The molecule has 0 saturated carbocycles. The molecule has 1 heterocycles. The van der Waals surface area contributed by atoms with Crippen molar-refractivity contribution in [1.82, 2.24) is 9.97 Å². The lowest BCUT2D eigenvalue weighted by atomic mass is 9.91. The van der Waals surface area contributed by atoms with Crippen LogP contribution >= 0.6 is 0 Å². The fraction of sp³-hybridized carbons (Fsp3) is 0. The quantitative estimate of drug-likeness (QED) is 0.194. The van der Waals surface area contributed by atoms with Crippen LogP contribution < -0.4 is 0 Å². The second-order valence-electron chi connectivity index (χ2n) is 12.2. The second-order valence-corrected chi connectivity index (χ2v) is 12.2. The number of benzene rings is 8. The fourth-order valence-electron chi connectivity index (χ4n) is 6.88. The van der Waals surface area contributed by atoms with E-state index in [1.54, 1.807) is 0 Å². The Morgan fingerprint density at radius 3 is 1.58 bits per heavy atom. The van der Waals surface area contributed by atoms with E-state index in [-0.39, 0.29) is 0 Å². The number of hydrogen-bond acceptors (Lipinski definition) is 2. The molecule has 0 bridgehead atoms. The molecule has 9 aromatic rings. The van der Waals surface area contributed by atoms with Crippen molar-refractivity contribution in [3.05, 3.63) is 182 Å². The average molecular weight is 611 g/mol. The molecule has 8 aromatic carbocycles. The first-order valence-corrected chi connectivity index (χ1v) is 16.3. The van der Waals surface area contributed by atoms with Crippen LogP contribution in [0.25, 0.3) is 88.5 Å². The summed E-state index contributed by atoms with van der Waals surface area (Å²) in [4.78, 5) is 10.3. The highest BCUT2D eigenvalue weighted by Gasteiger charge is 2.16. The van der Waals surface area contributed by atoms with Crippen LogP contribution in [0, 0.1) is 0 Å². The van der Waals surface area contributed by atoms with Gasteiger partial charge in [-0.15, -0.1) is 0 Å². The summed E-state index contributed by atoms with van der Waals surface area (Å²) in [5.74, 6) is 0.713. The normalized spacial score (nSPS) is 11.3. The van der Waals surface area contributed by atoms with Gasteiger partial charge in [0.15, 0.2) is 5.82 Å². The first kappa shape index (κ1) is 27.9. The van der Waals surface area contributed by atoms with E-state index in [0.717, 1.165) is 28.1 Å². The molecule has 9 rings (SSSR count). The molecule has 0 aliphatic heterocycles. The molecular formula is C46H30N2. The van der Waals surface area contributed by atoms with E-state index < -0.39 is 0 Å². The van der Waals surface area contributed by atoms with Crippen LogP contribution in [0.1, 0.15) is 0 Å². The van der Waals surface area contributed by atoms with Crippen LogP contribution in [0.15, 0.2) is 182 Å². The third-order valence-electron chi connectivity index (χ3n) is 9.28. The van der Waals surface area contributed by atoms with Gasteiger partial charge in [0.1, 0.15) is 0 Å². The maximum Gasteiger partial charge on any atom is 0.160 e. The Balaban J connectivity index is 1.21. The zero-order chi connectivity index (χ0) is 31.9. The van der Waals surface area contributed by atoms with Crippen molar-refractivity contribution in [2.24, 2.45) is 0 Å². The zero-order valence-electron chi connectivity index (χ0n) is 26.2. The predicted octanol–water partition coefficient (Wildman–Crippen LogP) is 12.3. The molecule has 48 heavy (non-hydrogen) atoms. The molecule has 0 N–H and O–H groups in total. The third-order valence-corrected chi connectivity index (χ3v) is 9.28. The third kappa shape index (κ3) is 5.01. The molecule has 0 amide bonds. The molecule has 0 aliphatic rings. The summed E-state index contributed by atoms with van der Waals surface area (Å²) in [6.07, 6.45) is 0. The number of rotatable bonds is 5. The lowest BCUT2D eigenvalue weighted by Gasteiger charge is -2.15. The Bertz CT molecular complexity index is 2600. The molecule has 2 nitrogen and oxygen atoms in total. The van der Waals surface area contributed by atoms with Crippen LogP contribution in [0.4, 0.5) is 0 Å². The maximum atomic E-state index is 5.20. The van der Waals surface area contributed by atoms with Gasteiger partial charge in [-0.3, -0.25) is 0 Å². The summed E-state index contributed by atoms with van der Waals surface area (Å²) in [5, 5.41) is 7.24. The molecule has 2 heteroatoms. The monoisotopic (exact) mass is 610 g/mol. The van der Waals surface area contributed by atoms with E-state index in [9.17, 15) is 0 Å².